The molecule has 1 saturated heterocycles. The SMILES string of the molecule is CCOc1cc(C=Nc2ccc(N3CCOCC3)cc2)c(Br)cc1OCc1cccc([N+](=O)[O-])c1. The fourth-order valence-corrected chi connectivity index (χ4v) is 4.09. The van der Waals surface area contributed by atoms with Gasteiger partial charge in [0.25, 0.3) is 5.69 Å². The molecule has 0 amide bonds. The van der Waals surface area contributed by atoms with E-state index >= 15 is 0 Å². The highest BCUT2D eigenvalue weighted by molar-refractivity contribution is 9.10. The number of non-ortho nitro benzene ring substituents is 1. The van der Waals surface area contributed by atoms with Gasteiger partial charge in [0.1, 0.15) is 6.61 Å². The van der Waals surface area contributed by atoms with Gasteiger partial charge in [-0.3, -0.25) is 15.1 Å². The second kappa shape index (κ2) is 11.8. The summed E-state index contributed by atoms with van der Waals surface area (Å²) in [4.78, 5) is 17.5. The van der Waals surface area contributed by atoms with Crippen LogP contribution in [0.15, 0.2) is 70.1 Å². The highest BCUT2D eigenvalue weighted by atomic mass is 79.9. The number of ether oxygens (including phenoxy) is 3. The molecule has 0 radical (unpaired) electrons. The third kappa shape index (κ3) is 6.58. The van der Waals surface area contributed by atoms with Crippen LogP contribution in [0.3, 0.4) is 0 Å². The Labute approximate surface area is 212 Å². The summed E-state index contributed by atoms with van der Waals surface area (Å²) in [6, 6.07) is 18.2. The number of halogens is 1. The van der Waals surface area contributed by atoms with E-state index in [0.717, 1.165) is 47.7 Å². The van der Waals surface area contributed by atoms with Crippen molar-refractivity contribution in [2.75, 3.05) is 37.8 Å². The molecule has 1 heterocycles. The molecule has 35 heavy (non-hydrogen) atoms. The number of nitrogens with zero attached hydrogens (tertiary/aromatic N) is 3. The van der Waals surface area contributed by atoms with E-state index < -0.39 is 4.92 Å². The Morgan fingerprint density at radius 3 is 2.54 bits per heavy atom. The molecule has 0 N–H and O–H groups in total. The Morgan fingerprint density at radius 2 is 1.83 bits per heavy atom. The predicted molar refractivity (Wildman–Crippen MR) is 139 cm³/mol. The van der Waals surface area contributed by atoms with Crippen molar-refractivity contribution < 1.29 is 19.1 Å². The van der Waals surface area contributed by atoms with Crippen LogP contribution in [0.25, 0.3) is 0 Å². The van der Waals surface area contributed by atoms with E-state index in [9.17, 15) is 10.1 Å². The van der Waals surface area contributed by atoms with Gasteiger partial charge in [0, 0.05) is 47.2 Å². The average molecular weight is 540 g/mol. The number of benzene rings is 3. The van der Waals surface area contributed by atoms with Gasteiger partial charge < -0.3 is 19.1 Å². The average Bonchev–Trinajstić information content (AvgIpc) is 2.89. The minimum absolute atomic E-state index is 0.0295. The van der Waals surface area contributed by atoms with Crippen molar-refractivity contribution in [2.45, 2.75) is 13.5 Å². The first kappa shape index (κ1) is 24.7. The summed E-state index contributed by atoms with van der Waals surface area (Å²) in [5, 5.41) is 11.0. The molecule has 0 aromatic heterocycles. The molecule has 1 aliphatic rings. The van der Waals surface area contributed by atoms with Gasteiger partial charge in [-0.1, -0.05) is 12.1 Å². The Morgan fingerprint density at radius 1 is 1.09 bits per heavy atom. The van der Waals surface area contributed by atoms with Gasteiger partial charge in [-0.2, -0.15) is 0 Å². The summed E-state index contributed by atoms with van der Waals surface area (Å²) in [5.74, 6) is 1.11. The fraction of sp³-hybridized carbons (Fsp3) is 0.269. The molecule has 0 aliphatic carbocycles. The van der Waals surface area contributed by atoms with Crippen molar-refractivity contribution in [3.63, 3.8) is 0 Å². The number of anilines is 1. The quantitative estimate of drug-likeness (QED) is 0.190. The molecule has 0 bridgehead atoms. The van der Waals surface area contributed by atoms with Gasteiger partial charge in [-0.25, -0.2) is 0 Å². The number of aliphatic imine (C=N–C) groups is 1. The smallest absolute Gasteiger partial charge is 0.269 e. The van der Waals surface area contributed by atoms with Crippen LogP contribution in [0.1, 0.15) is 18.1 Å². The third-order valence-corrected chi connectivity index (χ3v) is 6.14. The Bertz CT molecular complexity index is 1190. The van der Waals surface area contributed by atoms with Gasteiger partial charge in [0.2, 0.25) is 0 Å². The zero-order valence-electron chi connectivity index (χ0n) is 19.4. The number of hydrogen-bond donors (Lipinski definition) is 0. The maximum Gasteiger partial charge on any atom is 0.269 e. The van der Waals surface area contributed by atoms with Crippen molar-refractivity contribution in [1.29, 1.82) is 0 Å². The van der Waals surface area contributed by atoms with Crippen LogP contribution in [0.2, 0.25) is 0 Å². The number of nitro benzene ring substituents is 1. The lowest BCUT2D eigenvalue weighted by Gasteiger charge is -2.28. The van der Waals surface area contributed by atoms with Gasteiger partial charge >= 0.3 is 0 Å². The first-order valence-electron chi connectivity index (χ1n) is 11.3. The molecular weight excluding hydrogens is 514 g/mol. The minimum atomic E-state index is -0.421. The molecule has 0 unspecified atom stereocenters. The summed E-state index contributed by atoms with van der Waals surface area (Å²) in [7, 11) is 0. The number of morpholine rings is 1. The lowest BCUT2D eigenvalue weighted by Crippen LogP contribution is -2.36. The van der Waals surface area contributed by atoms with Crippen molar-refractivity contribution in [1.82, 2.24) is 0 Å². The minimum Gasteiger partial charge on any atom is -0.490 e. The van der Waals surface area contributed by atoms with E-state index in [1.54, 1.807) is 18.3 Å². The van der Waals surface area contributed by atoms with E-state index in [1.807, 2.05) is 31.2 Å². The zero-order valence-corrected chi connectivity index (χ0v) is 20.9. The molecule has 0 saturated carbocycles. The van der Waals surface area contributed by atoms with Gasteiger partial charge in [-0.15, -0.1) is 0 Å². The van der Waals surface area contributed by atoms with Crippen LogP contribution in [0.4, 0.5) is 17.1 Å². The third-order valence-electron chi connectivity index (χ3n) is 5.46. The maximum absolute atomic E-state index is 11.0. The molecular formula is C26H26BrN3O5. The summed E-state index contributed by atoms with van der Waals surface area (Å²) >= 11 is 3.59. The largest absolute Gasteiger partial charge is 0.490 e. The number of nitro groups is 1. The van der Waals surface area contributed by atoms with Crippen LogP contribution in [0, 0.1) is 10.1 Å². The molecule has 3 aromatic carbocycles. The first-order chi connectivity index (χ1) is 17.0. The van der Waals surface area contributed by atoms with Crippen LogP contribution >= 0.6 is 15.9 Å². The molecule has 1 fully saturated rings. The second-order valence-corrected chi connectivity index (χ2v) is 8.70. The summed E-state index contributed by atoms with van der Waals surface area (Å²) < 4.78 is 17.9. The molecule has 0 spiro atoms. The van der Waals surface area contributed by atoms with E-state index in [2.05, 4.69) is 38.0 Å². The molecule has 8 nitrogen and oxygen atoms in total. The van der Waals surface area contributed by atoms with Crippen LogP contribution < -0.4 is 14.4 Å². The van der Waals surface area contributed by atoms with Crippen molar-refractivity contribution >= 4 is 39.2 Å². The van der Waals surface area contributed by atoms with Crippen molar-refractivity contribution in [3.05, 3.63) is 86.4 Å². The highest BCUT2D eigenvalue weighted by Crippen LogP contribution is 2.34. The Hall–Kier alpha value is -3.43. The van der Waals surface area contributed by atoms with Crippen LogP contribution in [-0.4, -0.2) is 44.0 Å². The van der Waals surface area contributed by atoms with Crippen molar-refractivity contribution in [3.8, 4) is 11.5 Å². The fourth-order valence-electron chi connectivity index (χ4n) is 3.67. The standard InChI is InChI=1S/C26H26BrN3O5/c1-2-34-25-15-20(17-28-21-6-8-22(9-7-21)29-10-12-33-13-11-29)24(27)16-26(25)35-18-19-4-3-5-23(14-19)30(31)32/h3-9,14-17H,2,10-13,18H2,1H3. The summed E-state index contributed by atoms with van der Waals surface area (Å²) in [5.41, 5.74) is 3.58. The highest BCUT2D eigenvalue weighted by Gasteiger charge is 2.13. The van der Waals surface area contributed by atoms with E-state index in [-0.39, 0.29) is 12.3 Å². The number of rotatable bonds is 9. The molecule has 1 aliphatic heterocycles. The molecule has 182 valence electrons. The summed E-state index contributed by atoms with van der Waals surface area (Å²) in [6.45, 7) is 5.83. The molecule has 3 aromatic rings. The van der Waals surface area contributed by atoms with Gasteiger partial charge in [0.05, 0.1) is 30.4 Å². The van der Waals surface area contributed by atoms with E-state index in [1.165, 1.54) is 12.1 Å². The predicted octanol–water partition coefficient (Wildman–Crippen LogP) is 5.92. The topological polar surface area (TPSA) is 86.4 Å². The van der Waals surface area contributed by atoms with Crippen LogP contribution in [-0.2, 0) is 11.3 Å². The maximum atomic E-state index is 11.0. The Balaban J connectivity index is 1.47. The monoisotopic (exact) mass is 539 g/mol. The van der Waals surface area contributed by atoms with Crippen molar-refractivity contribution in [2.24, 2.45) is 4.99 Å². The Kier molecular flexibility index (Phi) is 8.33. The lowest BCUT2D eigenvalue weighted by molar-refractivity contribution is -0.384. The first-order valence-corrected chi connectivity index (χ1v) is 12.1. The summed E-state index contributed by atoms with van der Waals surface area (Å²) in [6.07, 6.45) is 1.78. The molecule has 0 atom stereocenters. The lowest BCUT2D eigenvalue weighted by atomic mass is 10.2. The van der Waals surface area contributed by atoms with E-state index in [4.69, 9.17) is 14.2 Å². The number of hydrogen-bond acceptors (Lipinski definition) is 7. The van der Waals surface area contributed by atoms with Gasteiger partial charge in [0.15, 0.2) is 11.5 Å². The van der Waals surface area contributed by atoms with E-state index in [0.29, 0.717) is 23.7 Å². The normalized spacial score (nSPS) is 13.7. The second-order valence-electron chi connectivity index (χ2n) is 7.84. The molecule has 4 rings (SSSR count). The zero-order chi connectivity index (χ0) is 24.6. The van der Waals surface area contributed by atoms with Gasteiger partial charge in [-0.05, 0) is 64.8 Å². The molecule has 9 heteroatoms. The van der Waals surface area contributed by atoms with Crippen LogP contribution in [0.5, 0.6) is 11.5 Å².